The van der Waals surface area contributed by atoms with Gasteiger partial charge in [-0.2, -0.15) is 0 Å². The first-order valence-electron chi connectivity index (χ1n) is 4.46. The first kappa shape index (κ1) is 12.2. The Kier molecular flexibility index (Phi) is 4.46. The van der Waals surface area contributed by atoms with E-state index in [1.807, 2.05) is 0 Å². The molecule has 1 aromatic heterocycles. The summed E-state index contributed by atoms with van der Waals surface area (Å²) in [6.07, 6.45) is 0. The Balaban J connectivity index is 2.27. The summed E-state index contributed by atoms with van der Waals surface area (Å²) < 4.78 is 0. The van der Waals surface area contributed by atoms with Crippen molar-refractivity contribution in [3.05, 3.63) is 22.4 Å². The molecule has 0 aliphatic heterocycles. The van der Waals surface area contributed by atoms with E-state index < -0.39 is 5.91 Å². The summed E-state index contributed by atoms with van der Waals surface area (Å²) in [6, 6.07) is 3.41. The van der Waals surface area contributed by atoms with Crippen LogP contribution in [0.3, 0.4) is 0 Å². The molecular formula is C9H11N3O3S. The van der Waals surface area contributed by atoms with Crippen LogP contribution in [0.1, 0.15) is 16.6 Å². The van der Waals surface area contributed by atoms with Crippen LogP contribution in [0.4, 0.5) is 0 Å². The lowest BCUT2D eigenvalue weighted by Crippen LogP contribution is -2.45. The van der Waals surface area contributed by atoms with Gasteiger partial charge in [0.25, 0.3) is 11.8 Å². The molecule has 0 spiro atoms. The third-order valence-electron chi connectivity index (χ3n) is 1.53. The molecule has 0 radical (unpaired) electrons. The van der Waals surface area contributed by atoms with Gasteiger partial charge in [0.15, 0.2) is 0 Å². The Morgan fingerprint density at radius 2 is 2.06 bits per heavy atom. The average Bonchev–Trinajstić information content (AvgIpc) is 2.76. The van der Waals surface area contributed by atoms with E-state index in [0.717, 1.165) is 0 Å². The lowest BCUT2D eigenvalue weighted by Gasteiger charge is -2.05. The molecule has 1 rings (SSSR count). The molecule has 0 fully saturated rings. The average molecular weight is 241 g/mol. The van der Waals surface area contributed by atoms with Gasteiger partial charge in [0.2, 0.25) is 5.91 Å². The molecule has 0 aromatic carbocycles. The van der Waals surface area contributed by atoms with Crippen LogP contribution in [-0.4, -0.2) is 24.3 Å². The third-order valence-corrected chi connectivity index (χ3v) is 2.40. The van der Waals surface area contributed by atoms with Crippen molar-refractivity contribution in [2.45, 2.75) is 6.92 Å². The van der Waals surface area contributed by atoms with E-state index in [2.05, 4.69) is 16.2 Å². The number of hydrogen-bond donors (Lipinski definition) is 3. The van der Waals surface area contributed by atoms with Crippen molar-refractivity contribution >= 4 is 29.1 Å². The number of thiophene rings is 1. The predicted molar refractivity (Wildman–Crippen MR) is 58.6 cm³/mol. The summed E-state index contributed by atoms with van der Waals surface area (Å²) >= 11 is 1.29. The Labute approximate surface area is 96.0 Å². The molecule has 86 valence electrons. The van der Waals surface area contributed by atoms with Gasteiger partial charge in [0, 0.05) is 6.92 Å². The molecule has 3 N–H and O–H groups in total. The minimum Gasteiger partial charge on any atom is -0.342 e. The van der Waals surface area contributed by atoms with E-state index in [-0.39, 0.29) is 18.4 Å². The third kappa shape index (κ3) is 4.09. The van der Waals surface area contributed by atoms with E-state index >= 15 is 0 Å². The molecule has 0 aliphatic carbocycles. The topological polar surface area (TPSA) is 87.3 Å². The quantitative estimate of drug-likeness (QED) is 0.632. The van der Waals surface area contributed by atoms with E-state index in [1.54, 1.807) is 17.5 Å². The van der Waals surface area contributed by atoms with Crippen LogP contribution in [0.15, 0.2) is 17.5 Å². The van der Waals surface area contributed by atoms with Gasteiger partial charge in [-0.05, 0) is 11.4 Å². The van der Waals surface area contributed by atoms with Crippen LogP contribution < -0.4 is 16.2 Å². The molecule has 0 atom stereocenters. The monoisotopic (exact) mass is 241 g/mol. The van der Waals surface area contributed by atoms with Crippen LogP contribution in [0.25, 0.3) is 0 Å². The van der Waals surface area contributed by atoms with E-state index in [1.165, 1.54) is 18.3 Å². The molecule has 0 saturated carbocycles. The molecule has 0 unspecified atom stereocenters. The first-order chi connectivity index (χ1) is 7.59. The molecule has 1 aromatic rings. The highest BCUT2D eigenvalue weighted by atomic mass is 32.1. The van der Waals surface area contributed by atoms with Gasteiger partial charge in [-0.1, -0.05) is 6.07 Å². The number of carbonyl (C=O) groups excluding carboxylic acids is 3. The normalized spacial score (nSPS) is 9.31. The lowest BCUT2D eigenvalue weighted by molar-refractivity contribution is -0.127. The second-order valence-electron chi connectivity index (χ2n) is 2.89. The number of hydrogen-bond acceptors (Lipinski definition) is 4. The Bertz CT molecular complexity index is 389. The van der Waals surface area contributed by atoms with Crippen molar-refractivity contribution in [1.29, 1.82) is 0 Å². The Hall–Kier alpha value is -1.89. The predicted octanol–water partition coefficient (Wildman–Crippen LogP) is -0.355. The van der Waals surface area contributed by atoms with E-state index in [4.69, 9.17) is 0 Å². The minimum atomic E-state index is -0.486. The second-order valence-corrected chi connectivity index (χ2v) is 3.84. The van der Waals surface area contributed by atoms with Crippen molar-refractivity contribution in [3.8, 4) is 0 Å². The van der Waals surface area contributed by atoms with Crippen LogP contribution in [0.2, 0.25) is 0 Å². The fourth-order valence-electron chi connectivity index (χ4n) is 0.857. The molecule has 7 heteroatoms. The molecule has 3 amide bonds. The highest BCUT2D eigenvalue weighted by molar-refractivity contribution is 7.12. The fraction of sp³-hybridized carbons (Fsp3) is 0.222. The SMILES string of the molecule is CC(=O)NNC(=O)CNC(=O)c1cccs1. The van der Waals surface area contributed by atoms with Crippen molar-refractivity contribution in [2.75, 3.05) is 6.54 Å². The van der Waals surface area contributed by atoms with Crippen LogP contribution in [0.5, 0.6) is 0 Å². The molecule has 0 saturated heterocycles. The smallest absolute Gasteiger partial charge is 0.261 e. The minimum absolute atomic E-state index is 0.184. The first-order valence-corrected chi connectivity index (χ1v) is 5.34. The van der Waals surface area contributed by atoms with E-state index in [0.29, 0.717) is 4.88 Å². The number of hydrazine groups is 1. The number of carbonyl (C=O) groups is 3. The van der Waals surface area contributed by atoms with Gasteiger partial charge < -0.3 is 5.32 Å². The summed E-state index contributed by atoms with van der Waals surface area (Å²) in [4.78, 5) is 33.5. The van der Waals surface area contributed by atoms with Crippen LogP contribution in [0, 0.1) is 0 Å². The summed E-state index contributed by atoms with van der Waals surface area (Å²) in [6.45, 7) is 1.08. The zero-order valence-corrected chi connectivity index (χ0v) is 9.39. The second kappa shape index (κ2) is 5.86. The number of amides is 3. The van der Waals surface area contributed by atoms with Gasteiger partial charge in [0.05, 0.1) is 11.4 Å². The zero-order valence-electron chi connectivity index (χ0n) is 8.57. The Morgan fingerprint density at radius 1 is 1.31 bits per heavy atom. The molecule has 16 heavy (non-hydrogen) atoms. The van der Waals surface area contributed by atoms with Gasteiger partial charge in [-0.25, -0.2) is 0 Å². The maximum atomic E-state index is 11.4. The summed E-state index contributed by atoms with van der Waals surface area (Å²) in [5.74, 6) is -1.17. The molecule has 1 heterocycles. The summed E-state index contributed by atoms with van der Waals surface area (Å²) in [5.41, 5.74) is 4.25. The maximum absolute atomic E-state index is 11.4. The van der Waals surface area contributed by atoms with E-state index in [9.17, 15) is 14.4 Å². The molecule has 6 nitrogen and oxygen atoms in total. The highest BCUT2D eigenvalue weighted by Gasteiger charge is 2.08. The van der Waals surface area contributed by atoms with Crippen molar-refractivity contribution in [2.24, 2.45) is 0 Å². The summed E-state index contributed by atoms with van der Waals surface area (Å²) in [5, 5.41) is 4.19. The zero-order chi connectivity index (χ0) is 12.0. The lowest BCUT2D eigenvalue weighted by atomic mass is 10.4. The standard InChI is InChI=1S/C9H11N3O3S/c1-6(13)11-12-8(14)5-10-9(15)7-3-2-4-16-7/h2-4H,5H2,1H3,(H,10,15)(H,11,13)(H,12,14). The van der Waals surface area contributed by atoms with Gasteiger partial charge >= 0.3 is 0 Å². The van der Waals surface area contributed by atoms with Crippen molar-refractivity contribution in [3.63, 3.8) is 0 Å². The fourth-order valence-corrected chi connectivity index (χ4v) is 1.50. The van der Waals surface area contributed by atoms with Crippen LogP contribution in [-0.2, 0) is 9.59 Å². The number of rotatable bonds is 3. The molecular weight excluding hydrogens is 230 g/mol. The van der Waals surface area contributed by atoms with Crippen molar-refractivity contribution < 1.29 is 14.4 Å². The van der Waals surface area contributed by atoms with Gasteiger partial charge in [-0.3, -0.25) is 25.2 Å². The maximum Gasteiger partial charge on any atom is 0.261 e. The molecule has 0 bridgehead atoms. The largest absolute Gasteiger partial charge is 0.342 e. The number of nitrogens with one attached hydrogen (secondary N) is 3. The van der Waals surface area contributed by atoms with Crippen LogP contribution >= 0.6 is 11.3 Å². The molecule has 0 aliphatic rings. The van der Waals surface area contributed by atoms with Gasteiger partial charge in [0.1, 0.15) is 0 Å². The summed E-state index contributed by atoms with van der Waals surface area (Å²) in [7, 11) is 0. The Morgan fingerprint density at radius 3 is 2.62 bits per heavy atom. The van der Waals surface area contributed by atoms with Gasteiger partial charge in [-0.15, -0.1) is 11.3 Å². The van der Waals surface area contributed by atoms with Crippen molar-refractivity contribution in [1.82, 2.24) is 16.2 Å². The highest BCUT2D eigenvalue weighted by Crippen LogP contribution is 2.07.